The van der Waals surface area contributed by atoms with Crippen LogP contribution in [0, 0.1) is 5.92 Å². The Balaban J connectivity index is 1.68. The normalized spacial score (nSPS) is 15.0. The smallest absolute Gasteiger partial charge is 0.354 e. The molecule has 3 aromatic rings. The number of esters is 1. The number of aromatic nitrogens is 3. The number of imidazole rings is 1. The van der Waals surface area contributed by atoms with Crippen LogP contribution in [0.25, 0.3) is 10.9 Å². The predicted molar refractivity (Wildman–Crippen MR) is 103 cm³/mol. The highest BCUT2D eigenvalue weighted by Crippen LogP contribution is 2.36. The van der Waals surface area contributed by atoms with Gasteiger partial charge in [0, 0.05) is 24.3 Å². The van der Waals surface area contributed by atoms with Crippen LogP contribution in [0.4, 0.5) is 0 Å². The van der Waals surface area contributed by atoms with E-state index in [2.05, 4.69) is 9.55 Å². The van der Waals surface area contributed by atoms with E-state index in [1.807, 2.05) is 48.9 Å². The summed E-state index contributed by atoms with van der Waals surface area (Å²) in [5.41, 5.74) is 1.59. The van der Waals surface area contributed by atoms with Gasteiger partial charge >= 0.3 is 5.97 Å². The molecule has 27 heavy (non-hydrogen) atoms. The molecule has 1 saturated carbocycles. The number of nitrogens with zero attached hydrogens (tertiary/aromatic N) is 3. The summed E-state index contributed by atoms with van der Waals surface area (Å²) in [6, 6.07) is 7.89. The number of hydrogen-bond acceptors (Lipinski definition) is 4. The van der Waals surface area contributed by atoms with Crippen LogP contribution in [-0.2, 0) is 17.8 Å². The molecule has 4 rings (SSSR count). The zero-order valence-electron chi connectivity index (χ0n) is 15.8. The molecule has 6 nitrogen and oxygen atoms in total. The van der Waals surface area contributed by atoms with Crippen LogP contribution in [0.2, 0.25) is 0 Å². The summed E-state index contributed by atoms with van der Waals surface area (Å²) in [5, 5.41) is 1.01. The molecule has 0 amide bonds. The van der Waals surface area contributed by atoms with Crippen molar-refractivity contribution in [3.8, 4) is 5.75 Å². The Bertz CT molecular complexity index is 926. The van der Waals surface area contributed by atoms with Crippen LogP contribution in [0.5, 0.6) is 5.75 Å². The molecule has 1 fully saturated rings. The Morgan fingerprint density at radius 1 is 1.37 bits per heavy atom. The highest BCUT2D eigenvalue weighted by molar-refractivity contribution is 5.97. The fourth-order valence-corrected chi connectivity index (χ4v) is 3.45. The number of benzene rings is 1. The summed E-state index contributed by atoms with van der Waals surface area (Å²) < 4.78 is 15.6. The van der Waals surface area contributed by atoms with Gasteiger partial charge in [0.05, 0.1) is 25.0 Å². The second-order valence-electron chi connectivity index (χ2n) is 7.19. The molecule has 1 atom stereocenters. The van der Waals surface area contributed by atoms with E-state index in [0.717, 1.165) is 23.2 Å². The van der Waals surface area contributed by atoms with Gasteiger partial charge in [-0.05, 0) is 44.7 Å². The third-order valence-electron chi connectivity index (χ3n) is 4.86. The van der Waals surface area contributed by atoms with Gasteiger partial charge in [-0.1, -0.05) is 12.1 Å². The molecular weight excluding hydrogens is 342 g/mol. The number of fused-ring (bicyclic) bond motifs is 1. The van der Waals surface area contributed by atoms with E-state index in [9.17, 15) is 4.79 Å². The zero-order valence-corrected chi connectivity index (χ0v) is 15.8. The summed E-state index contributed by atoms with van der Waals surface area (Å²) in [5.74, 6) is 1.16. The topological polar surface area (TPSA) is 58.3 Å². The number of ether oxygens (including phenoxy) is 2. The van der Waals surface area contributed by atoms with Gasteiger partial charge in [-0.3, -0.25) is 0 Å². The van der Waals surface area contributed by atoms with E-state index in [4.69, 9.17) is 9.47 Å². The van der Waals surface area contributed by atoms with Crippen molar-refractivity contribution in [2.45, 2.75) is 45.9 Å². The molecule has 0 aliphatic heterocycles. The average Bonchev–Trinajstić information content (AvgIpc) is 3.16. The first-order chi connectivity index (χ1) is 13.2. The van der Waals surface area contributed by atoms with Gasteiger partial charge in [-0.2, -0.15) is 0 Å². The third-order valence-corrected chi connectivity index (χ3v) is 4.86. The van der Waals surface area contributed by atoms with Gasteiger partial charge in [0.15, 0.2) is 0 Å². The number of rotatable bonds is 8. The van der Waals surface area contributed by atoms with Gasteiger partial charge in [0.2, 0.25) is 0 Å². The van der Waals surface area contributed by atoms with E-state index in [-0.39, 0.29) is 12.1 Å². The molecule has 1 aliphatic rings. The van der Waals surface area contributed by atoms with E-state index in [1.54, 1.807) is 12.5 Å². The molecule has 142 valence electrons. The maximum atomic E-state index is 12.5. The standard InChI is InChI=1S/C21H25N3O3/c1-3-26-21(25)18-11-17-5-4-6-19(20(17)24(18)13-16-7-8-16)27-15(2)12-23-10-9-22-14-23/h4-6,9-11,14-16H,3,7-8,12-13H2,1-2H3/t15-/m1/s1. The molecule has 1 aliphatic carbocycles. The SMILES string of the molecule is CCOC(=O)c1cc2cccc(O[C@H](C)Cn3ccnc3)c2n1CC1CC1. The third kappa shape index (κ3) is 3.84. The number of carbonyl (C=O) groups excluding carboxylic acids is 1. The van der Waals surface area contributed by atoms with E-state index in [0.29, 0.717) is 24.8 Å². The summed E-state index contributed by atoms with van der Waals surface area (Å²) in [7, 11) is 0. The molecule has 6 heteroatoms. The highest BCUT2D eigenvalue weighted by Gasteiger charge is 2.27. The van der Waals surface area contributed by atoms with Crippen molar-refractivity contribution in [2.24, 2.45) is 5.92 Å². The summed E-state index contributed by atoms with van der Waals surface area (Å²) in [4.78, 5) is 16.6. The molecule has 0 spiro atoms. The number of para-hydroxylation sites is 1. The average molecular weight is 367 g/mol. The first-order valence-corrected chi connectivity index (χ1v) is 9.57. The first-order valence-electron chi connectivity index (χ1n) is 9.57. The lowest BCUT2D eigenvalue weighted by Gasteiger charge is -2.18. The second-order valence-corrected chi connectivity index (χ2v) is 7.19. The van der Waals surface area contributed by atoms with Crippen molar-refractivity contribution < 1.29 is 14.3 Å². The highest BCUT2D eigenvalue weighted by atomic mass is 16.5. The Labute approximate surface area is 158 Å². The maximum absolute atomic E-state index is 12.5. The van der Waals surface area contributed by atoms with Gasteiger partial charge in [0.1, 0.15) is 17.5 Å². The monoisotopic (exact) mass is 367 g/mol. The Hall–Kier alpha value is -2.76. The van der Waals surface area contributed by atoms with Gasteiger partial charge in [-0.15, -0.1) is 0 Å². The molecule has 2 aromatic heterocycles. The lowest BCUT2D eigenvalue weighted by molar-refractivity contribution is 0.0514. The Kier molecular flexibility index (Phi) is 4.88. The lowest BCUT2D eigenvalue weighted by atomic mass is 10.2. The van der Waals surface area contributed by atoms with Gasteiger partial charge < -0.3 is 18.6 Å². The quantitative estimate of drug-likeness (QED) is 0.567. The van der Waals surface area contributed by atoms with E-state index in [1.165, 1.54) is 12.8 Å². The molecule has 0 unspecified atom stereocenters. The Morgan fingerprint density at radius 3 is 2.93 bits per heavy atom. The van der Waals surface area contributed by atoms with Crippen LogP contribution in [-0.4, -0.2) is 32.8 Å². The van der Waals surface area contributed by atoms with Crippen molar-refractivity contribution in [2.75, 3.05) is 6.61 Å². The van der Waals surface area contributed by atoms with Crippen LogP contribution < -0.4 is 4.74 Å². The molecule has 2 heterocycles. The molecule has 1 aromatic carbocycles. The largest absolute Gasteiger partial charge is 0.487 e. The van der Waals surface area contributed by atoms with Crippen molar-refractivity contribution in [1.29, 1.82) is 0 Å². The van der Waals surface area contributed by atoms with Crippen molar-refractivity contribution >= 4 is 16.9 Å². The fourth-order valence-electron chi connectivity index (χ4n) is 3.45. The molecule has 0 radical (unpaired) electrons. The molecule has 0 saturated heterocycles. The van der Waals surface area contributed by atoms with Crippen LogP contribution in [0.3, 0.4) is 0 Å². The van der Waals surface area contributed by atoms with Crippen molar-refractivity contribution in [3.63, 3.8) is 0 Å². The van der Waals surface area contributed by atoms with Gasteiger partial charge in [0.25, 0.3) is 0 Å². The number of hydrogen-bond donors (Lipinski definition) is 0. The Morgan fingerprint density at radius 2 is 2.22 bits per heavy atom. The minimum Gasteiger partial charge on any atom is -0.487 e. The molecular formula is C21H25N3O3. The zero-order chi connectivity index (χ0) is 18.8. The van der Waals surface area contributed by atoms with Crippen LogP contribution >= 0.6 is 0 Å². The molecule has 0 bridgehead atoms. The van der Waals surface area contributed by atoms with E-state index < -0.39 is 0 Å². The predicted octanol–water partition coefficient (Wildman–Crippen LogP) is 3.89. The lowest BCUT2D eigenvalue weighted by Crippen LogP contribution is -2.19. The maximum Gasteiger partial charge on any atom is 0.354 e. The van der Waals surface area contributed by atoms with Crippen molar-refractivity contribution in [1.82, 2.24) is 14.1 Å². The van der Waals surface area contributed by atoms with Crippen LogP contribution in [0.1, 0.15) is 37.2 Å². The molecule has 0 N–H and O–H groups in total. The van der Waals surface area contributed by atoms with Gasteiger partial charge in [-0.25, -0.2) is 9.78 Å². The minimum atomic E-state index is -0.272. The van der Waals surface area contributed by atoms with Crippen molar-refractivity contribution in [3.05, 3.63) is 48.7 Å². The first kappa shape index (κ1) is 17.6. The minimum absolute atomic E-state index is 0.0277. The fraction of sp³-hybridized carbons (Fsp3) is 0.429. The summed E-state index contributed by atoms with van der Waals surface area (Å²) in [6.45, 7) is 5.78. The van der Waals surface area contributed by atoms with Crippen LogP contribution in [0.15, 0.2) is 43.0 Å². The summed E-state index contributed by atoms with van der Waals surface area (Å²) >= 11 is 0. The summed E-state index contributed by atoms with van der Waals surface area (Å²) in [6.07, 6.45) is 7.87. The number of carbonyl (C=O) groups is 1. The van der Waals surface area contributed by atoms with E-state index >= 15 is 0 Å². The second kappa shape index (κ2) is 7.47.